The van der Waals surface area contributed by atoms with Gasteiger partial charge in [-0.15, -0.1) is 4.31 Å². The Labute approximate surface area is 175 Å². The summed E-state index contributed by atoms with van der Waals surface area (Å²) in [4.78, 5) is 15.4. The molecule has 0 radical (unpaired) electrons. The second-order valence-corrected chi connectivity index (χ2v) is 9.89. The Balaban J connectivity index is 1.52. The molecule has 3 heterocycles. The molecule has 10 heteroatoms. The molecule has 8 nitrogen and oxygen atoms in total. The molecule has 2 fully saturated rings. The third kappa shape index (κ3) is 3.51. The highest BCUT2D eigenvalue weighted by atomic mass is 32.2. The van der Waals surface area contributed by atoms with E-state index < -0.39 is 21.8 Å². The predicted molar refractivity (Wildman–Crippen MR) is 110 cm³/mol. The standard InChI is InChI=1S/C20H27FN4O4S/c1-22-19(26)20(27)8-2-3-9-25(20)30(28,29)24-10-6-14(7-11-24)17-13-23-18-5-4-15(21)12-16(17)18/h4-5,12-14,23,27H,2-3,6-11H2,1H3,(H,22,26)/t20-/m1/s1. The Morgan fingerprint density at radius 1 is 1.27 bits per heavy atom. The normalized spacial score (nSPS) is 24.9. The number of nitrogens with one attached hydrogen (secondary N) is 2. The van der Waals surface area contributed by atoms with Gasteiger partial charge in [0.05, 0.1) is 0 Å². The van der Waals surface area contributed by atoms with Crippen LogP contribution >= 0.6 is 0 Å². The quantitative estimate of drug-likeness (QED) is 0.675. The molecule has 1 amide bonds. The molecule has 0 spiro atoms. The summed E-state index contributed by atoms with van der Waals surface area (Å²) in [6.07, 6.45) is 4.27. The fourth-order valence-electron chi connectivity index (χ4n) is 4.66. The van der Waals surface area contributed by atoms with Crippen molar-refractivity contribution < 1.29 is 22.7 Å². The van der Waals surface area contributed by atoms with Crippen LogP contribution in [0.25, 0.3) is 10.9 Å². The average Bonchev–Trinajstić information content (AvgIpc) is 3.16. The first-order valence-electron chi connectivity index (χ1n) is 10.3. The van der Waals surface area contributed by atoms with Crippen LogP contribution < -0.4 is 5.32 Å². The molecule has 0 saturated carbocycles. The zero-order valence-electron chi connectivity index (χ0n) is 16.9. The molecule has 2 saturated heterocycles. The zero-order chi connectivity index (χ0) is 21.5. The van der Waals surface area contributed by atoms with Gasteiger partial charge in [-0.2, -0.15) is 12.7 Å². The van der Waals surface area contributed by atoms with Crippen LogP contribution in [0.15, 0.2) is 24.4 Å². The van der Waals surface area contributed by atoms with Gasteiger partial charge in [0.15, 0.2) is 0 Å². The molecule has 164 valence electrons. The topological polar surface area (TPSA) is 106 Å². The minimum absolute atomic E-state index is 0.0727. The number of likely N-dealkylation sites (N-methyl/N-ethyl adjacent to an activating group) is 1. The van der Waals surface area contributed by atoms with Gasteiger partial charge in [-0.25, -0.2) is 4.39 Å². The minimum atomic E-state index is -4.00. The summed E-state index contributed by atoms with van der Waals surface area (Å²) >= 11 is 0. The van der Waals surface area contributed by atoms with E-state index in [0.717, 1.165) is 20.8 Å². The molecule has 0 aliphatic carbocycles. The highest BCUT2D eigenvalue weighted by Gasteiger charge is 2.51. The number of aromatic amines is 1. The highest BCUT2D eigenvalue weighted by Crippen LogP contribution is 2.36. The van der Waals surface area contributed by atoms with Crippen molar-refractivity contribution in [3.63, 3.8) is 0 Å². The maximum atomic E-state index is 13.7. The Bertz CT molecular complexity index is 1050. The summed E-state index contributed by atoms with van der Waals surface area (Å²) in [7, 11) is -2.62. The molecule has 30 heavy (non-hydrogen) atoms. The average molecular weight is 439 g/mol. The minimum Gasteiger partial charge on any atom is -0.366 e. The molecule has 0 unspecified atom stereocenters. The van der Waals surface area contributed by atoms with Crippen LogP contribution in [0.2, 0.25) is 0 Å². The van der Waals surface area contributed by atoms with Gasteiger partial charge in [0.25, 0.3) is 16.1 Å². The number of aromatic nitrogens is 1. The molecule has 4 rings (SSSR count). The van der Waals surface area contributed by atoms with Crippen molar-refractivity contribution in [2.75, 3.05) is 26.7 Å². The van der Waals surface area contributed by atoms with E-state index in [4.69, 9.17) is 0 Å². The second kappa shape index (κ2) is 7.92. The van der Waals surface area contributed by atoms with E-state index in [-0.39, 0.29) is 37.8 Å². The Morgan fingerprint density at radius 3 is 2.70 bits per heavy atom. The van der Waals surface area contributed by atoms with E-state index in [0.29, 0.717) is 25.7 Å². The number of piperidine rings is 2. The summed E-state index contributed by atoms with van der Waals surface area (Å²) in [6, 6.07) is 4.61. The van der Waals surface area contributed by atoms with Crippen molar-refractivity contribution >= 4 is 27.0 Å². The number of halogens is 1. The lowest BCUT2D eigenvalue weighted by atomic mass is 9.90. The van der Waals surface area contributed by atoms with Crippen LogP contribution in [0, 0.1) is 5.82 Å². The van der Waals surface area contributed by atoms with Gasteiger partial charge in [0.1, 0.15) is 5.82 Å². The smallest absolute Gasteiger partial charge is 0.284 e. The third-order valence-electron chi connectivity index (χ3n) is 6.31. The lowest BCUT2D eigenvalue weighted by Crippen LogP contribution is -2.65. The maximum Gasteiger partial charge on any atom is 0.284 e. The van der Waals surface area contributed by atoms with Crippen molar-refractivity contribution in [1.82, 2.24) is 18.9 Å². The number of amides is 1. The summed E-state index contributed by atoms with van der Waals surface area (Å²) < 4.78 is 42.5. The van der Waals surface area contributed by atoms with Crippen molar-refractivity contribution in [2.24, 2.45) is 0 Å². The molecule has 0 bridgehead atoms. The van der Waals surface area contributed by atoms with Crippen LogP contribution in [0.1, 0.15) is 43.6 Å². The van der Waals surface area contributed by atoms with Crippen molar-refractivity contribution in [3.8, 4) is 0 Å². The summed E-state index contributed by atoms with van der Waals surface area (Å²) in [6.45, 7) is 0.651. The summed E-state index contributed by atoms with van der Waals surface area (Å²) in [5, 5.41) is 14.1. The summed E-state index contributed by atoms with van der Waals surface area (Å²) in [5.41, 5.74) is -0.219. The van der Waals surface area contributed by atoms with Gasteiger partial charge < -0.3 is 15.4 Å². The SMILES string of the molecule is CNC(=O)[C@]1(O)CCCCN1S(=O)(=O)N1CCC(c2c[nH]c3ccc(F)cc23)CC1. The molecular weight excluding hydrogens is 411 g/mol. The monoisotopic (exact) mass is 438 g/mol. The predicted octanol–water partition coefficient (Wildman–Crippen LogP) is 1.65. The molecular formula is C20H27FN4O4S. The Hall–Kier alpha value is -2.01. The third-order valence-corrected chi connectivity index (χ3v) is 8.37. The zero-order valence-corrected chi connectivity index (χ0v) is 17.7. The fraction of sp³-hybridized carbons (Fsp3) is 0.550. The molecule has 2 aliphatic rings. The number of rotatable bonds is 4. The largest absolute Gasteiger partial charge is 0.366 e. The van der Waals surface area contributed by atoms with E-state index >= 15 is 0 Å². The lowest BCUT2D eigenvalue weighted by molar-refractivity contribution is -0.158. The number of carbonyl (C=O) groups excluding carboxylic acids is 1. The maximum absolute atomic E-state index is 13.7. The van der Waals surface area contributed by atoms with Crippen LogP contribution in [0.5, 0.6) is 0 Å². The van der Waals surface area contributed by atoms with E-state index in [9.17, 15) is 22.7 Å². The van der Waals surface area contributed by atoms with Crippen LogP contribution in [0.3, 0.4) is 0 Å². The first-order valence-corrected chi connectivity index (χ1v) is 11.7. The summed E-state index contributed by atoms with van der Waals surface area (Å²) in [5.74, 6) is -0.908. The molecule has 1 atom stereocenters. The van der Waals surface area contributed by atoms with Gasteiger partial charge in [0, 0.05) is 50.2 Å². The van der Waals surface area contributed by atoms with Crippen molar-refractivity contribution in [1.29, 1.82) is 0 Å². The number of fused-ring (bicyclic) bond motifs is 1. The first kappa shape index (κ1) is 21.2. The number of aliphatic hydroxyl groups is 1. The Morgan fingerprint density at radius 2 is 2.00 bits per heavy atom. The highest BCUT2D eigenvalue weighted by molar-refractivity contribution is 7.86. The number of benzene rings is 1. The number of nitrogens with zero attached hydrogens (tertiary/aromatic N) is 2. The number of hydrogen-bond donors (Lipinski definition) is 3. The molecule has 1 aromatic carbocycles. The van der Waals surface area contributed by atoms with Crippen LogP contribution in [-0.4, -0.2) is 65.4 Å². The first-order chi connectivity index (χ1) is 14.3. The van der Waals surface area contributed by atoms with Crippen LogP contribution in [-0.2, 0) is 15.0 Å². The second-order valence-electron chi connectivity index (χ2n) is 8.04. The number of hydrogen-bond acceptors (Lipinski definition) is 4. The van der Waals surface area contributed by atoms with Gasteiger partial charge in [0.2, 0.25) is 5.72 Å². The van der Waals surface area contributed by atoms with E-state index in [1.54, 1.807) is 6.07 Å². The van der Waals surface area contributed by atoms with E-state index in [1.165, 1.54) is 23.5 Å². The molecule has 1 aromatic heterocycles. The molecule has 2 aliphatic heterocycles. The fourth-order valence-corrected chi connectivity index (χ4v) is 6.53. The van der Waals surface area contributed by atoms with Crippen molar-refractivity contribution in [2.45, 2.75) is 43.7 Å². The molecule has 3 N–H and O–H groups in total. The van der Waals surface area contributed by atoms with Crippen molar-refractivity contribution in [3.05, 3.63) is 35.8 Å². The Kier molecular flexibility index (Phi) is 5.60. The lowest BCUT2D eigenvalue weighted by Gasteiger charge is -2.43. The number of H-pyrrole nitrogens is 1. The van der Waals surface area contributed by atoms with Gasteiger partial charge >= 0.3 is 0 Å². The number of carbonyl (C=O) groups is 1. The molecule has 2 aromatic rings. The van der Waals surface area contributed by atoms with E-state index in [2.05, 4.69) is 10.3 Å². The van der Waals surface area contributed by atoms with E-state index in [1.807, 2.05) is 6.20 Å². The van der Waals surface area contributed by atoms with Gasteiger partial charge in [-0.1, -0.05) is 0 Å². The van der Waals surface area contributed by atoms with Gasteiger partial charge in [-0.05, 0) is 55.4 Å². The van der Waals surface area contributed by atoms with Crippen LogP contribution in [0.4, 0.5) is 4.39 Å². The van der Waals surface area contributed by atoms with Gasteiger partial charge in [-0.3, -0.25) is 4.79 Å².